The van der Waals surface area contributed by atoms with Crippen LogP contribution < -0.4 is 5.32 Å². The van der Waals surface area contributed by atoms with Crippen LogP contribution in [0.15, 0.2) is 36.5 Å². The predicted octanol–water partition coefficient (Wildman–Crippen LogP) is 2.62. The van der Waals surface area contributed by atoms with Gasteiger partial charge in [-0.2, -0.15) is 0 Å². The van der Waals surface area contributed by atoms with E-state index >= 15 is 0 Å². The van der Waals surface area contributed by atoms with Crippen molar-refractivity contribution in [1.82, 2.24) is 20.3 Å². The lowest BCUT2D eigenvalue weighted by atomic mass is 10.0. The summed E-state index contributed by atoms with van der Waals surface area (Å²) in [6.07, 6.45) is 1.87. The standard InChI is InChI=1S/C16H16N4/c1-10-15(12-4-2-3-5-13(12)19-10)14-6-7-18-16(20-14)11-8-17-9-11/h2-7,11,17,19H,8-9H2,1H3. The summed E-state index contributed by atoms with van der Waals surface area (Å²) in [6.45, 7) is 4.06. The minimum Gasteiger partial charge on any atom is -0.358 e. The molecular weight excluding hydrogens is 248 g/mol. The number of para-hydroxylation sites is 1. The number of rotatable bonds is 2. The van der Waals surface area contributed by atoms with E-state index < -0.39 is 0 Å². The molecule has 0 saturated carbocycles. The summed E-state index contributed by atoms with van der Waals surface area (Å²) in [5.74, 6) is 1.41. The summed E-state index contributed by atoms with van der Waals surface area (Å²) in [5.41, 5.74) is 4.52. The van der Waals surface area contributed by atoms with Crippen LogP contribution in [-0.4, -0.2) is 28.0 Å². The second-order valence-corrected chi connectivity index (χ2v) is 5.33. The van der Waals surface area contributed by atoms with Crippen molar-refractivity contribution >= 4 is 10.9 Å². The number of aryl methyl sites for hydroxylation is 1. The van der Waals surface area contributed by atoms with E-state index in [9.17, 15) is 0 Å². The predicted molar refractivity (Wildman–Crippen MR) is 79.7 cm³/mol. The molecule has 3 heterocycles. The van der Waals surface area contributed by atoms with Crippen molar-refractivity contribution in [2.24, 2.45) is 0 Å². The van der Waals surface area contributed by atoms with Gasteiger partial charge in [0, 0.05) is 47.4 Å². The smallest absolute Gasteiger partial charge is 0.134 e. The summed E-state index contributed by atoms with van der Waals surface area (Å²) < 4.78 is 0. The lowest BCUT2D eigenvalue weighted by Gasteiger charge is -2.25. The Balaban J connectivity index is 1.88. The highest BCUT2D eigenvalue weighted by Gasteiger charge is 2.22. The highest BCUT2D eigenvalue weighted by molar-refractivity contribution is 5.96. The number of hydrogen-bond donors (Lipinski definition) is 2. The van der Waals surface area contributed by atoms with Crippen LogP contribution in [0, 0.1) is 6.92 Å². The van der Waals surface area contributed by atoms with Crippen LogP contribution >= 0.6 is 0 Å². The van der Waals surface area contributed by atoms with E-state index in [1.54, 1.807) is 0 Å². The lowest BCUT2D eigenvalue weighted by Crippen LogP contribution is -2.40. The number of H-pyrrole nitrogens is 1. The normalized spacial score (nSPS) is 15.4. The zero-order valence-corrected chi connectivity index (χ0v) is 11.4. The molecule has 100 valence electrons. The molecule has 0 radical (unpaired) electrons. The number of benzene rings is 1. The highest BCUT2D eigenvalue weighted by Crippen LogP contribution is 2.31. The van der Waals surface area contributed by atoms with Crippen LogP contribution in [0.1, 0.15) is 17.4 Å². The summed E-state index contributed by atoms with van der Waals surface area (Å²) in [4.78, 5) is 12.6. The number of aromatic nitrogens is 3. The molecule has 0 unspecified atom stereocenters. The third kappa shape index (κ3) is 1.72. The van der Waals surface area contributed by atoms with E-state index in [2.05, 4.69) is 40.4 Å². The van der Waals surface area contributed by atoms with Gasteiger partial charge in [-0.05, 0) is 19.1 Å². The number of nitrogens with one attached hydrogen (secondary N) is 2. The number of nitrogens with zero attached hydrogens (tertiary/aromatic N) is 2. The maximum atomic E-state index is 4.78. The Bertz CT molecular complexity index is 771. The number of aromatic amines is 1. The average molecular weight is 264 g/mol. The molecule has 4 nitrogen and oxygen atoms in total. The van der Waals surface area contributed by atoms with E-state index in [1.165, 1.54) is 10.9 Å². The molecule has 1 aromatic carbocycles. The van der Waals surface area contributed by atoms with Gasteiger partial charge in [-0.15, -0.1) is 0 Å². The van der Waals surface area contributed by atoms with Gasteiger partial charge in [0.2, 0.25) is 0 Å². The van der Waals surface area contributed by atoms with Crippen LogP contribution in [0.3, 0.4) is 0 Å². The first-order chi connectivity index (χ1) is 9.83. The van der Waals surface area contributed by atoms with E-state index in [4.69, 9.17) is 4.98 Å². The first-order valence-electron chi connectivity index (χ1n) is 6.94. The Morgan fingerprint density at radius 1 is 1.15 bits per heavy atom. The maximum Gasteiger partial charge on any atom is 0.134 e. The first kappa shape index (κ1) is 11.6. The second kappa shape index (κ2) is 4.42. The number of fused-ring (bicyclic) bond motifs is 1. The van der Waals surface area contributed by atoms with Crippen LogP contribution in [0.2, 0.25) is 0 Å². The van der Waals surface area contributed by atoms with Crippen molar-refractivity contribution in [2.75, 3.05) is 13.1 Å². The molecule has 0 spiro atoms. The van der Waals surface area contributed by atoms with Gasteiger partial charge in [-0.1, -0.05) is 18.2 Å². The fourth-order valence-corrected chi connectivity index (χ4v) is 2.79. The Kier molecular flexibility index (Phi) is 2.57. The minimum atomic E-state index is 0.459. The van der Waals surface area contributed by atoms with Gasteiger partial charge in [0.1, 0.15) is 5.82 Å². The van der Waals surface area contributed by atoms with E-state index in [1.807, 2.05) is 18.3 Å². The molecule has 0 atom stereocenters. The molecule has 3 aromatic rings. The molecule has 2 aromatic heterocycles. The molecule has 1 aliphatic heterocycles. The van der Waals surface area contributed by atoms with E-state index in [-0.39, 0.29) is 0 Å². The summed E-state index contributed by atoms with van der Waals surface area (Å²) in [5, 5.41) is 4.49. The van der Waals surface area contributed by atoms with Gasteiger partial charge in [-0.25, -0.2) is 9.97 Å². The average Bonchev–Trinajstić information content (AvgIpc) is 2.73. The quantitative estimate of drug-likeness (QED) is 0.748. The Hall–Kier alpha value is -2.20. The van der Waals surface area contributed by atoms with Crippen molar-refractivity contribution in [1.29, 1.82) is 0 Å². The molecule has 0 aliphatic carbocycles. The SMILES string of the molecule is Cc1[nH]c2ccccc2c1-c1ccnc(C2CNC2)n1. The maximum absolute atomic E-state index is 4.78. The summed E-state index contributed by atoms with van der Waals surface area (Å²) in [7, 11) is 0. The van der Waals surface area contributed by atoms with Crippen molar-refractivity contribution in [3.8, 4) is 11.3 Å². The molecule has 0 amide bonds. The monoisotopic (exact) mass is 264 g/mol. The topological polar surface area (TPSA) is 53.6 Å². The molecule has 1 fully saturated rings. The Labute approximate surface area is 117 Å². The Morgan fingerprint density at radius 3 is 2.80 bits per heavy atom. The molecule has 1 aliphatic rings. The zero-order chi connectivity index (χ0) is 13.5. The molecular formula is C16H16N4. The van der Waals surface area contributed by atoms with Crippen LogP contribution in [0.5, 0.6) is 0 Å². The lowest BCUT2D eigenvalue weighted by molar-refractivity contribution is 0.430. The summed E-state index contributed by atoms with van der Waals surface area (Å²) >= 11 is 0. The van der Waals surface area contributed by atoms with Crippen LogP contribution in [-0.2, 0) is 0 Å². The molecule has 0 bridgehead atoms. The van der Waals surface area contributed by atoms with Crippen molar-refractivity contribution in [3.05, 3.63) is 48.0 Å². The minimum absolute atomic E-state index is 0.459. The number of hydrogen-bond acceptors (Lipinski definition) is 3. The van der Waals surface area contributed by atoms with Crippen molar-refractivity contribution in [3.63, 3.8) is 0 Å². The first-order valence-corrected chi connectivity index (χ1v) is 6.94. The largest absolute Gasteiger partial charge is 0.358 e. The van der Waals surface area contributed by atoms with Crippen LogP contribution in [0.25, 0.3) is 22.2 Å². The fraction of sp³-hybridized carbons (Fsp3) is 0.250. The van der Waals surface area contributed by atoms with Gasteiger partial charge in [0.05, 0.1) is 5.69 Å². The van der Waals surface area contributed by atoms with Crippen molar-refractivity contribution < 1.29 is 0 Å². The Morgan fingerprint density at radius 2 is 2.00 bits per heavy atom. The molecule has 4 heteroatoms. The van der Waals surface area contributed by atoms with Crippen molar-refractivity contribution in [2.45, 2.75) is 12.8 Å². The zero-order valence-electron chi connectivity index (χ0n) is 11.4. The molecule has 20 heavy (non-hydrogen) atoms. The van der Waals surface area contributed by atoms with Gasteiger partial charge < -0.3 is 10.3 Å². The van der Waals surface area contributed by atoms with Gasteiger partial charge in [0.25, 0.3) is 0 Å². The molecule has 1 saturated heterocycles. The van der Waals surface area contributed by atoms with E-state index in [0.717, 1.165) is 35.8 Å². The third-order valence-electron chi connectivity index (χ3n) is 3.97. The summed E-state index contributed by atoms with van der Waals surface area (Å²) in [6, 6.07) is 10.4. The van der Waals surface area contributed by atoms with Gasteiger partial charge >= 0.3 is 0 Å². The van der Waals surface area contributed by atoms with Crippen LogP contribution in [0.4, 0.5) is 0 Å². The molecule has 2 N–H and O–H groups in total. The van der Waals surface area contributed by atoms with E-state index in [0.29, 0.717) is 5.92 Å². The fourth-order valence-electron chi connectivity index (χ4n) is 2.79. The molecule has 4 rings (SSSR count). The van der Waals surface area contributed by atoms with Gasteiger partial charge in [-0.3, -0.25) is 0 Å². The highest BCUT2D eigenvalue weighted by atomic mass is 15.0. The van der Waals surface area contributed by atoms with Gasteiger partial charge in [0.15, 0.2) is 0 Å². The third-order valence-corrected chi connectivity index (χ3v) is 3.97. The second-order valence-electron chi connectivity index (χ2n) is 5.33.